The topological polar surface area (TPSA) is 171 Å². The van der Waals surface area contributed by atoms with E-state index in [-0.39, 0.29) is 46.0 Å². The minimum absolute atomic E-state index is 0.0358. The summed E-state index contributed by atoms with van der Waals surface area (Å²) in [5.41, 5.74) is 5.99. The molecular weight excluding hydrogens is 648 g/mol. The number of rotatable bonds is 4. The Morgan fingerprint density at radius 2 is 0.843 bits per heavy atom. The van der Waals surface area contributed by atoms with Crippen LogP contribution in [0.3, 0.4) is 0 Å². The number of fused-ring (bicyclic) bond motifs is 2. The second kappa shape index (κ2) is 11.0. The van der Waals surface area contributed by atoms with Gasteiger partial charge in [-0.15, -0.1) is 0 Å². The zero-order valence-electron chi connectivity index (χ0n) is 26.8. The number of hydrogen-bond acceptors (Lipinski definition) is 9. The predicted octanol–water partition coefficient (Wildman–Crippen LogP) is 7.76. The summed E-state index contributed by atoms with van der Waals surface area (Å²) in [4.78, 5) is 0. The van der Waals surface area contributed by atoms with Gasteiger partial charge in [-0.25, -0.2) is 0 Å². The van der Waals surface area contributed by atoms with Crippen molar-refractivity contribution in [1.29, 1.82) is 0 Å². The Morgan fingerprint density at radius 1 is 0.353 bits per heavy atom. The van der Waals surface area contributed by atoms with Crippen LogP contribution in [-0.2, 0) is 0 Å². The molecule has 0 spiro atoms. The third-order valence-electron chi connectivity index (χ3n) is 10.9. The van der Waals surface area contributed by atoms with E-state index in [9.17, 15) is 40.9 Å². The van der Waals surface area contributed by atoms with Gasteiger partial charge >= 0.3 is 0 Å². The molecule has 0 saturated carbocycles. The standard InChI is InChI=1S/C42H32O9/c43-23-7-1-19(2-8-23)33-35(22-13-26(46)15-27(47)14-22)40-34(20-3-9-24(44)10-4-20)36-29(16-28(48)17-30(36)49)37-39-32(18-31(50)38(33)41(39)40)51-42(37)21-5-11-25(45)12-6-21/h1-18,33-35,37,40,42-50H/t33-,34-,35-,37-,40+,42+/m0/s1. The molecule has 6 aromatic rings. The first-order valence-electron chi connectivity index (χ1n) is 16.6. The maximum Gasteiger partial charge on any atom is 0.135 e. The van der Waals surface area contributed by atoms with Crippen molar-refractivity contribution in [2.24, 2.45) is 0 Å². The Balaban J connectivity index is 1.44. The number of ether oxygens (including phenoxy) is 1. The Bertz CT molecular complexity index is 2330. The molecule has 1 aliphatic heterocycles. The van der Waals surface area contributed by atoms with E-state index in [0.29, 0.717) is 28.0 Å². The van der Waals surface area contributed by atoms with Crippen LogP contribution in [0.25, 0.3) is 0 Å². The summed E-state index contributed by atoms with van der Waals surface area (Å²) in [6, 6.07) is 29.0. The minimum atomic E-state index is -0.693. The highest BCUT2D eigenvalue weighted by Crippen LogP contribution is 2.70. The normalized spacial score (nSPS) is 22.5. The summed E-state index contributed by atoms with van der Waals surface area (Å²) in [5.74, 6) is -3.08. The molecule has 0 unspecified atom stereocenters. The van der Waals surface area contributed by atoms with Crippen molar-refractivity contribution >= 4 is 0 Å². The molecule has 9 nitrogen and oxygen atoms in total. The van der Waals surface area contributed by atoms with E-state index in [1.165, 1.54) is 12.1 Å². The van der Waals surface area contributed by atoms with Gasteiger partial charge in [-0.2, -0.15) is 0 Å². The van der Waals surface area contributed by atoms with Crippen molar-refractivity contribution in [2.75, 3.05) is 0 Å². The number of phenolic OH excluding ortho intramolecular Hbond substituents is 8. The SMILES string of the molecule is Oc1ccc([C@H]2c3c(O)cc(O)cc3[C@H]3c4c(cc(O)c5c4[C@H]2[C@@H](c2cc(O)cc(O)c2)[C@@H]5c2ccc(O)cc2)O[C@@H]3c2ccc(O)cc2)cc1. The van der Waals surface area contributed by atoms with Gasteiger partial charge in [-0.1, -0.05) is 36.4 Å². The lowest BCUT2D eigenvalue weighted by molar-refractivity contribution is 0.221. The molecule has 3 aliphatic rings. The number of phenols is 8. The van der Waals surface area contributed by atoms with Crippen molar-refractivity contribution in [3.05, 3.63) is 159 Å². The first-order valence-corrected chi connectivity index (χ1v) is 16.6. The molecule has 51 heavy (non-hydrogen) atoms. The van der Waals surface area contributed by atoms with Gasteiger partial charge in [-0.05, 0) is 88.0 Å². The van der Waals surface area contributed by atoms with Gasteiger partial charge in [0.1, 0.15) is 57.8 Å². The van der Waals surface area contributed by atoms with Crippen LogP contribution in [0.15, 0.2) is 109 Å². The van der Waals surface area contributed by atoms with E-state index < -0.39 is 35.7 Å². The van der Waals surface area contributed by atoms with E-state index in [4.69, 9.17) is 4.74 Å². The van der Waals surface area contributed by atoms with E-state index in [0.717, 1.165) is 27.8 Å². The molecule has 0 saturated heterocycles. The van der Waals surface area contributed by atoms with Crippen LogP contribution in [0.4, 0.5) is 0 Å². The maximum atomic E-state index is 12.1. The molecule has 0 bridgehead atoms. The van der Waals surface area contributed by atoms with Crippen molar-refractivity contribution in [3.8, 4) is 51.7 Å². The minimum Gasteiger partial charge on any atom is -0.508 e. The molecule has 6 aromatic carbocycles. The average Bonchev–Trinajstić information content (AvgIpc) is 3.60. The number of hydrogen-bond donors (Lipinski definition) is 8. The van der Waals surface area contributed by atoms with Crippen molar-refractivity contribution in [3.63, 3.8) is 0 Å². The highest BCUT2D eigenvalue weighted by molar-refractivity contribution is 5.72. The van der Waals surface area contributed by atoms with Crippen LogP contribution in [0.2, 0.25) is 0 Å². The first kappa shape index (κ1) is 30.6. The lowest BCUT2D eigenvalue weighted by Crippen LogP contribution is -2.20. The first-order chi connectivity index (χ1) is 24.6. The maximum absolute atomic E-state index is 12.1. The summed E-state index contributed by atoms with van der Waals surface area (Å²) in [6.45, 7) is 0. The van der Waals surface area contributed by atoms with Gasteiger partial charge in [0.05, 0.1) is 5.92 Å². The third kappa shape index (κ3) is 4.61. The Kier molecular flexibility index (Phi) is 6.60. The summed E-state index contributed by atoms with van der Waals surface area (Å²) in [5, 5.41) is 87.6. The fourth-order valence-electron chi connectivity index (χ4n) is 9.08. The third-order valence-corrected chi connectivity index (χ3v) is 10.9. The lowest BCUT2D eigenvalue weighted by atomic mass is 9.69. The van der Waals surface area contributed by atoms with Crippen LogP contribution in [-0.4, -0.2) is 40.9 Å². The molecule has 0 amide bonds. The second-order valence-corrected chi connectivity index (χ2v) is 13.7. The van der Waals surface area contributed by atoms with Crippen LogP contribution in [0.1, 0.15) is 85.8 Å². The zero-order chi connectivity index (χ0) is 35.3. The van der Waals surface area contributed by atoms with Gasteiger partial charge in [0, 0.05) is 58.6 Å². The van der Waals surface area contributed by atoms with Gasteiger partial charge in [0.2, 0.25) is 0 Å². The van der Waals surface area contributed by atoms with Crippen molar-refractivity contribution < 1.29 is 45.6 Å². The highest BCUT2D eigenvalue weighted by atomic mass is 16.5. The summed E-state index contributed by atoms with van der Waals surface area (Å²) >= 11 is 0. The molecule has 8 N–H and O–H groups in total. The molecule has 9 heteroatoms. The Labute approximate surface area is 291 Å². The number of benzene rings is 6. The van der Waals surface area contributed by atoms with Gasteiger partial charge < -0.3 is 45.6 Å². The molecule has 0 aromatic heterocycles. The van der Waals surface area contributed by atoms with E-state index in [2.05, 4.69) is 0 Å². The molecule has 0 fully saturated rings. The zero-order valence-corrected chi connectivity index (χ0v) is 26.8. The fourth-order valence-corrected chi connectivity index (χ4v) is 9.08. The van der Waals surface area contributed by atoms with E-state index in [1.54, 1.807) is 97.1 Å². The van der Waals surface area contributed by atoms with E-state index in [1.807, 2.05) is 0 Å². The lowest BCUT2D eigenvalue weighted by Gasteiger charge is -2.34. The molecule has 9 rings (SSSR count). The van der Waals surface area contributed by atoms with Gasteiger partial charge in [0.15, 0.2) is 0 Å². The fraction of sp³-hybridized carbons (Fsp3) is 0.143. The van der Waals surface area contributed by atoms with Gasteiger partial charge in [0.25, 0.3) is 0 Å². The summed E-state index contributed by atoms with van der Waals surface area (Å²) in [7, 11) is 0. The van der Waals surface area contributed by atoms with Crippen LogP contribution in [0.5, 0.6) is 51.7 Å². The van der Waals surface area contributed by atoms with Crippen LogP contribution in [0, 0.1) is 0 Å². The number of aromatic hydroxyl groups is 8. The molecule has 6 atom stereocenters. The molecule has 2 aliphatic carbocycles. The molecule has 0 radical (unpaired) electrons. The smallest absolute Gasteiger partial charge is 0.135 e. The predicted molar refractivity (Wildman–Crippen MR) is 186 cm³/mol. The molecule has 1 heterocycles. The van der Waals surface area contributed by atoms with Gasteiger partial charge in [-0.3, -0.25) is 0 Å². The Hall–Kier alpha value is -6.48. The van der Waals surface area contributed by atoms with E-state index >= 15 is 0 Å². The molecular formula is C42H32O9. The van der Waals surface area contributed by atoms with Crippen molar-refractivity contribution in [2.45, 2.75) is 35.7 Å². The molecule has 254 valence electrons. The largest absolute Gasteiger partial charge is 0.508 e. The second-order valence-electron chi connectivity index (χ2n) is 13.7. The Morgan fingerprint density at radius 3 is 1.41 bits per heavy atom. The summed E-state index contributed by atoms with van der Waals surface area (Å²) in [6.07, 6.45) is -0.693. The summed E-state index contributed by atoms with van der Waals surface area (Å²) < 4.78 is 6.70. The quantitative estimate of drug-likeness (QED) is 0.0927. The average molecular weight is 681 g/mol. The monoisotopic (exact) mass is 680 g/mol. The van der Waals surface area contributed by atoms with Crippen LogP contribution >= 0.6 is 0 Å². The van der Waals surface area contributed by atoms with Crippen molar-refractivity contribution in [1.82, 2.24) is 0 Å². The highest BCUT2D eigenvalue weighted by Gasteiger charge is 2.56. The van der Waals surface area contributed by atoms with Crippen LogP contribution < -0.4 is 4.74 Å².